The first-order valence-electron chi connectivity index (χ1n) is 16.0. The minimum absolute atomic E-state index is 0.230. The minimum Gasteiger partial charge on any atom is -0.481 e. The van der Waals surface area contributed by atoms with Crippen molar-refractivity contribution in [2.24, 2.45) is 9.98 Å². The Morgan fingerprint density at radius 2 is 0.714 bits per heavy atom. The van der Waals surface area contributed by atoms with E-state index in [-0.39, 0.29) is 5.41 Å². The van der Waals surface area contributed by atoms with E-state index in [1.807, 2.05) is 133 Å². The second-order valence-electron chi connectivity index (χ2n) is 11.8. The molecule has 0 bridgehead atoms. The fraction of sp³-hybridized carbons (Fsp3) is 0.116. The molecule has 0 aromatic heterocycles. The molecule has 0 spiro atoms. The molecule has 0 heterocycles. The Balaban J connectivity index is 1.07. The number of rotatable bonds is 10. The molecule has 0 fully saturated rings. The summed E-state index contributed by atoms with van der Waals surface area (Å²) in [4.78, 5) is 9.27. The van der Waals surface area contributed by atoms with Gasteiger partial charge in [0.05, 0.1) is 25.6 Å². The van der Waals surface area contributed by atoms with Gasteiger partial charge in [-0.15, -0.1) is 0 Å². The van der Waals surface area contributed by atoms with Crippen LogP contribution in [0.1, 0.15) is 36.1 Å². The monoisotopic (exact) mass is 646 g/mol. The number of hydrogen-bond donors (Lipinski definition) is 0. The summed E-state index contributed by atoms with van der Waals surface area (Å²) in [6.07, 6.45) is 0. The Morgan fingerprint density at radius 3 is 1.02 bits per heavy atom. The number of hydrogen-bond acceptors (Lipinski definition) is 6. The van der Waals surface area contributed by atoms with Gasteiger partial charge in [0, 0.05) is 16.5 Å². The molecule has 49 heavy (non-hydrogen) atoms. The predicted octanol–water partition coefficient (Wildman–Crippen LogP) is 11.0. The smallest absolute Gasteiger partial charge is 0.220 e. The predicted molar refractivity (Wildman–Crippen MR) is 197 cm³/mol. The molecule has 0 saturated carbocycles. The molecule has 0 N–H and O–H groups in total. The molecule has 6 heteroatoms. The lowest BCUT2D eigenvalue weighted by atomic mass is 9.78. The molecule has 244 valence electrons. The normalized spacial score (nSPS) is 11.9. The van der Waals surface area contributed by atoms with E-state index in [9.17, 15) is 0 Å². The summed E-state index contributed by atoms with van der Waals surface area (Å²) in [6, 6.07) is 51.4. The lowest BCUT2D eigenvalue weighted by molar-refractivity contribution is 0.405. The average Bonchev–Trinajstić information content (AvgIpc) is 3.15. The van der Waals surface area contributed by atoms with Crippen LogP contribution in [0.3, 0.4) is 0 Å². The molecule has 6 rings (SSSR count). The number of aliphatic imine (C=N–C) groups is 2. The summed E-state index contributed by atoms with van der Waals surface area (Å²) < 4.78 is 23.3. The largest absolute Gasteiger partial charge is 0.481 e. The van der Waals surface area contributed by atoms with E-state index in [4.69, 9.17) is 18.9 Å². The van der Waals surface area contributed by atoms with Crippen molar-refractivity contribution in [3.05, 3.63) is 180 Å². The Hall–Kier alpha value is -6.14. The Morgan fingerprint density at radius 1 is 0.408 bits per heavy atom. The molecule has 6 aromatic rings. The fourth-order valence-electron chi connectivity index (χ4n) is 5.35. The topological polar surface area (TPSA) is 61.6 Å². The molecule has 0 amide bonds. The van der Waals surface area contributed by atoms with Gasteiger partial charge >= 0.3 is 0 Å². The van der Waals surface area contributed by atoms with E-state index in [2.05, 4.69) is 48.1 Å². The zero-order valence-electron chi connectivity index (χ0n) is 28.0. The summed E-state index contributed by atoms with van der Waals surface area (Å²) in [7, 11) is 3.25. The number of nitrogens with zero attached hydrogens (tertiary/aromatic N) is 2. The van der Waals surface area contributed by atoms with Gasteiger partial charge in [0.2, 0.25) is 11.8 Å². The highest BCUT2D eigenvalue weighted by atomic mass is 16.5. The first-order valence-corrected chi connectivity index (χ1v) is 16.0. The second kappa shape index (κ2) is 15.2. The van der Waals surface area contributed by atoms with Crippen LogP contribution in [0.15, 0.2) is 168 Å². The molecule has 0 saturated heterocycles. The molecular weight excluding hydrogens is 608 g/mol. The van der Waals surface area contributed by atoms with Crippen molar-refractivity contribution in [3.8, 4) is 23.0 Å². The van der Waals surface area contributed by atoms with Crippen molar-refractivity contribution in [1.29, 1.82) is 0 Å². The quantitative estimate of drug-likeness (QED) is 0.110. The van der Waals surface area contributed by atoms with Crippen LogP contribution in [0.25, 0.3) is 0 Å². The maximum atomic E-state index is 6.14. The Labute approximate surface area is 288 Å². The van der Waals surface area contributed by atoms with E-state index >= 15 is 0 Å². The molecule has 6 nitrogen and oxygen atoms in total. The summed E-state index contributed by atoms with van der Waals surface area (Å²) in [5.74, 6) is 4.11. The van der Waals surface area contributed by atoms with Crippen LogP contribution < -0.4 is 9.47 Å². The third-order valence-corrected chi connectivity index (χ3v) is 8.19. The summed E-state index contributed by atoms with van der Waals surface area (Å²) >= 11 is 0. The van der Waals surface area contributed by atoms with Crippen molar-refractivity contribution < 1.29 is 18.9 Å². The number of benzene rings is 6. The Bertz CT molecular complexity index is 1850. The van der Waals surface area contributed by atoms with Crippen LogP contribution in [0.2, 0.25) is 0 Å². The maximum Gasteiger partial charge on any atom is 0.220 e. The molecule has 0 aliphatic carbocycles. The van der Waals surface area contributed by atoms with E-state index in [1.54, 1.807) is 14.2 Å². The van der Waals surface area contributed by atoms with Crippen molar-refractivity contribution in [3.63, 3.8) is 0 Å². The molecule has 0 aliphatic heterocycles. The van der Waals surface area contributed by atoms with Gasteiger partial charge < -0.3 is 18.9 Å². The van der Waals surface area contributed by atoms with E-state index in [0.717, 1.165) is 45.5 Å². The summed E-state index contributed by atoms with van der Waals surface area (Å²) in [5, 5.41) is 0. The van der Waals surface area contributed by atoms with Crippen molar-refractivity contribution in [2.75, 3.05) is 14.2 Å². The van der Waals surface area contributed by atoms with Gasteiger partial charge in [0.25, 0.3) is 0 Å². The van der Waals surface area contributed by atoms with Crippen LogP contribution in [-0.4, -0.2) is 26.0 Å². The highest BCUT2D eigenvalue weighted by Crippen LogP contribution is 2.35. The highest BCUT2D eigenvalue weighted by Gasteiger charge is 2.23. The van der Waals surface area contributed by atoms with Crippen molar-refractivity contribution in [2.45, 2.75) is 19.3 Å². The standard InChI is InChI=1S/C43H38N2O4/c1-43(2,33-15-23-37(24-16-33)48-39-27-19-35(20-28-39)44-41(46-3)31-11-7-5-8-12-31)34-17-25-38(26-18-34)49-40-29-21-36(22-30-40)45-42(47-4)32-13-9-6-10-14-32/h5-30H,1-4H3/b44-41-,45-42-. The summed E-state index contributed by atoms with van der Waals surface area (Å²) in [5.41, 5.74) is 5.53. The first kappa shape index (κ1) is 32.8. The van der Waals surface area contributed by atoms with Crippen LogP contribution >= 0.6 is 0 Å². The van der Waals surface area contributed by atoms with Crippen molar-refractivity contribution >= 4 is 23.2 Å². The highest BCUT2D eigenvalue weighted by molar-refractivity contribution is 5.96. The zero-order valence-corrected chi connectivity index (χ0v) is 28.0. The van der Waals surface area contributed by atoms with Gasteiger partial charge in [-0.25, -0.2) is 9.98 Å². The van der Waals surface area contributed by atoms with E-state index < -0.39 is 0 Å². The van der Waals surface area contributed by atoms with Crippen LogP contribution in [0.5, 0.6) is 23.0 Å². The molecule has 0 atom stereocenters. The lowest BCUT2D eigenvalue weighted by Gasteiger charge is -2.26. The van der Waals surface area contributed by atoms with Gasteiger partial charge in [-0.05, 0) is 108 Å². The van der Waals surface area contributed by atoms with Crippen molar-refractivity contribution in [1.82, 2.24) is 0 Å². The number of ether oxygens (including phenoxy) is 4. The molecule has 0 radical (unpaired) electrons. The minimum atomic E-state index is -0.230. The summed E-state index contributed by atoms with van der Waals surface area (Å²) in [6.45, 7) is 4.43. The molecule has 0 aliphatic rings. The second-order valence-corrected chi connectivity index (χ2v) is 11.8. The van der Waals surface area contributed by atoms with Gasteiger partial charge in [0.15, 0.2) is 0 Å². The maximum absolute atomic E-state index is 6.14. The van der Waals surface area contributed by atoms with E-state index in [0.29, 0.717) is 11.8 Å². The lowest BCUT2D eigenvalue weighted by Crippen LogP contribution is -2.18. The van der Waals surface area contributed by atoms with Gasteiger partial charge in [0.1, 0.15) is 23.0 Å². The SMILES string of the molecule is CO/C(=N\c1ccc(Oc2ccc(C(C)(C)c3ccc(Oc4ccc(/N=C(\OC)c5ccccc5)cc4)cc3)cc2)cc1)c1ccccc1. The molecule has 6 aromatic carbocycles. The van der Waals surface area contributed by atoms with Crippen LogP contribution in [0, 0.1) is 0 Å². The third-order valence-electron chi connectivity index (χ3n) is 8.19. The molecular formula is C43H38N2O4. The van der Waals surface area contributed by atoms with Crippen LogP contribution in [-0.2, 0) is 14.9 Å². The average molecular weight is 647 g/mol. The van der Waals surface area contributed by atoms with E-state index in [1.165, 1.54) is 11.1 Å². The van der Waals surface area contributed by atoms with Gasteiger partial charge in [-0.2, -0.15) is 0 Å². The third kappa shape index (κ3) is 8.24. The van der Waals surface area contributed by atoms with Crippen LogP contribution in [0.4, 0.5) is 11.4 Å². The Kier molecular flexibility index (Phi) is 10.2. The first-order chi connectivity index (χ1) is 23.9. The molecule has 0 unspecified atom stereocenters. The number of methoxy groups -OCH3 is 2. The van der Waals surface area contributed by atoms with Gasteiger partial charge in [-0.1, -0.05) is 74.5 Å². The van der Waals surface area contributed by atoms with Gasteiger partial charge in [-0.3, -0.25) is 0 Å². The zero-order chi connectivity index (χ0) is 34.1. The fourth-order valence-corrected chi connectivity index (χ4v) is 5.35.